The number of hydrogen-bond acceptors (Lipinski definition) is 8. The normalized spacial score (nSPS) is 27.5. The van der Waals surface area contributed by atoms with E-state index in [-0.39, 0.29) is 16.8 Å². The molecule has 10 nitrogen and oxygen atoms in total. The molecule has 0 radical (unpaired) electrons. The van der Waals surface area contributed by atoms with E-state index >= 15 is 0 Å². The van der Waals surface area contributed by atoms with Crippen molar-refractivity contribution < 1.29 is 24.8 Å². The fourth-order valence-electron chi connectivity index (χ4n) is 2.38. The summed E-state index contributed by atoms with van der Waals surface area (Å²) in [6, 6.07) is 1.37. The molecule has 124 valence electrons. The number of rotatable bonds is 3. The highest BCUT2D eigenvalue weighted by molar-refractivity contribution is 5.80. The first-order chi connectivity index (χ1) is 10.9. The Morgan fingerprint density at radius 2 is 2.13 bits per heavy atom. The fraction of sp³-hybridized carbons (Fsp3) is 0.462. The van der Waals surface area contributed by atoms with E-state index in [1.165, 1.54) is 19.3 Å². The molecule has 3 heterocycles. The lowest BCUT2D eigenvalue weighted by Gasteiger charge is -2.17. The zero-order valence-corrected chi connectivity index (χ0v) is 12.0. The van der Waals surface area contributed by atoms with Gasteiger partial charge in [-0.3, -0.25) is 14.3 Å². The van der Waals surface area contributed by atoms with Crippen molar-refractivity contribution in [1.29, 1.82) is 0 Å². The van der Waals surface area contributed by atoms with Gasteiger partial charge >= 0.3 is 5.69 Å². The van der Waals surface area contributed by atoms with Gasteiger partial charge in [-0.15, -0.1) is 0 Å². The number of aromatic nitrogens is 3. The van der Waals surface area contributed by atoms with Gasteiger partial charge in [0, 0.05) is 13.2 Å². The largest absolute Gasteiger partial charge is 0.461 e. The summed E-state index contributed by atoms with van der Waals surface area (Å²) in [5, 5.41) is 28.7. The number of hydrogen-bond donors (Lipinski definition) is 4. The Morgan fingerprint density at radius 1 is 1.39 bits per heavy atom. The van der Waals surface area contributed by atoms with Gasteiger partial charge in [0.15, 0.2) is 5.65 Å². The summed E-state index contributed by atoms with van der Waals surface area (Å²) in [4.78, 5) is 30.2. The van der Waals surface area contributed by atoms with Crippen LogP contribution >= 0.6 is 0 Å². The molecule has 0 spiro atoms. The minimum absolute atomic E-state index is 0.00679. The van der Waals surface area contributed by atoms with E-state index in [9.17, 15) is 19.8 Å². The summed E-state index contributed by atoms with van der Waals surface area (Å²) in [5.41, 5.74) is -1.22. The highest BCUT2D eigenvalue weighted by atomic mass is 16.7. The standard InChI is InChI=1S/C13H15N3O7/c1-16-11(20)7-5(2-3-14-10(7)15-13(16)21)22-12-9(19)8(18)6(4-17)23-12/h2-3,6,8-9,12,17-19H,4H2,1H3,(H,14,15,21)/t6-,8-,9-,12-/m1/s1. The Kier molecular flexibility index (Phi) is 3.90. The zero-order chi connectivity index (χ0) is 16.7. The van der Waals surface area contributed by atoms with E-state index in [4.69, 9.17) is 14.6 Å². The van der Waals surface area contributed by atoms with Crippen molar-refractivity contribution in [2.24, 2.45) is 7.05 Å². The molecular formula is C13H15N3O7. The van der Waals surface area contributed by atoms with Crippen LogP contribution < -0.4 is 16.0 Å². The second-order valence-corrected chi connectivity index (χ2v) is 5.15. The number of fused-ring (bicyclic) bond motifs is 1. The maximum atomic E-state index is 12.2. The number of nitrogens with zero attached hydrogens (tertiary/aromatic N) is 2. The highest BCUT2D eigenvalue weighted by Crippen LogP contribution is 2.26. The van der Waals surface area contributed by atoms with Gasteiger partial charge in [0.1, 0.15) is 29.4 Å². The first kappa shape index (κ1) is 15.6. The monoisotopic (exact) mass is 325 g/mol. The minimum atomic E-state index is -1.40. The van der Waals surface area contributed by atoms with Gasteiger partial charge in [0.2, 0.25) is 6.29 Å². The van der Waals surface area contributed by atoms with Crippen LogP contribution in [0.3, 0.4) is 0 Å². The second-order valence-electron chi connectivity index (χ2n) is 5.15. The molecule has 2 aromatic rings. The molecule has 23 heavy (non-hydrogen) atoms. The maximum absolute atomic E-state index is 12.2. The third kappa shape index (κ3) is 2.51. The van der Waals surface area contributed by atoms with Gasteiger partial charge in [0.05, 0.1) is 6.61 Å². The number of nitrogens with one attached hydrogen (secondary N) is 1. The molecule has 4 N–H and O–H groups in total. The van der Waals surface area contributed by atoms with Crippen molar-refractivity contribution in [2.75, 3.05) is 6.61 Å². The molecule has 0 saturated carbocycles. The number of ether oxygens (including phenoxy) is 2. The lowest BCUT2D eigenvalue weighted by Crippen LogP contribution is -2.36. The van der Waals surface area contributed by atoms with Gasteiger partial charge in [0.25, 0.3) is 5.56 Å². The second kappa shape index (κ2) is 5.74. The molecule has 1 fully saturated rings. The summed E-state index contributed by atoms with van der Waals surface area (Å²) < 4.78 is 11.5. The summed E-state index contributed by atoms with van der Waals surface area (Å²) in [7, 11) is 1.30. The highest BCUT2D eigenvalue weighted by Gasteiger charge is 2.44. The van der Waals surface area contributed by atoms with Crippen LogP contribution in [0, 0.1) is 0 Å². The summed E-state index contributed by atoms with van der Waals surface area (Å²) >= 11 is 0. The molecule has 2 aromatic heterocycles. The van der Waals surface area contributed by atoms with Gasteiger partial charge in [-0.1, -0.05) is 0 Å². The summed E-state index contributed by atoms with van der Waals surface area (Å²) in [6.45, 7) is -0.496. The Balaban J connectivity index is 2.03. The smallest absolute Gasteiger partial charge is 0.329 e. The quantitative estimate of drug-likeness (QED) is 0.482. The van der Waals surface area contributed by atoms with Gasteiger partial charge in [-0.05, 0) is 6.07 Å². The average molecular weight is 325 g/mol. The molecule has 1 aliphatic heterocycles. The minimum Gasteiger partial charge on any atom is -0.461 e. The Labute approximate surface area is 128 Å². The van der Waals surface area contributed by atoms with E-state index in [1.807, 2.05) is 0 Å². The van der Waals surface area contributed by atoms with Crippen molar-refractivity contribution in [1.82, 2.24) is 14.5 Å². The Hall–Kier alpha value is -2.27. The predicted molar refractivity (Wildman–Crippen MR) is 76.0 cm³/mol. The Morgan fingerprint density at radius 3 is 2.78 bits per heavy atom. The SMILES string of the molecule is Cn1c(=O)[nH]c2nccc(O[C@@H]3O[C@H](CO)[C@@H](O)[C@H]3O)c2c1=O. The molecule has 3 rings (SSSR count). The van der Waals surface area contributed by atoms with Crippen LogP contribution in [0.2, 0.25) is 0 Å². The maximum Gasteiger partial charge on any atom is 0.329 e. The molecule has 0 amide bonds. The summed E-state index contributed by atoms with van der Waals surface area (Å²) in [6.07, 6.45) is -3.67. The fourth-order valence-corrected chi connectivity index (χ4v) is 2.38. The first-order valence-corrected chi connectivity index (χ1v) is 6.81. The Bertz CT molecular complexity index is 846. The van der Waals surface area contributed by atoms with E-state index in [1.54, 1.807) is 0 Å². The van der Waals surface area contributed by atoms with Gasteiger partial charge in [-0.2, -0.15) is 0 Å². The van der Waals surface area contributed by atoms with Crippen LogP contribution in [0.1, 0.15) is 0 Å². The number of aliphatic hydroxyl groups excluding tert-OH is 3. The lowest BCUT2D eigenvalue weighted by atomic mass is 10.1. The first-order valence-electron chi connectivity index (χ1n) is 6.81. The molecule has 1 saturated heterocycles. The number of aromatic amines is 1. The summed E-state index contributed by atoms with van der Waals surface area (Å²) in [5.74, 6) is 0.0293. The van der Waals surface area contributed by atoms with Crippen LogP contribution in [0.25, 0.3) is 11.0 Å². The molecule has 0 bridgehead atoms. The lowest BCUT2D eigenvalue weighted by molar-refractivity contribution is -0.115. The van der Waals surface area contributed by atoms with Crippen LogP contribution in [-0.2, 0) is 11.8 Å². The predicted octanol–water partition coefficient (Wildman–Crippen LogP) is -2.56. The topological polar surface area (TPSA) is 147 Å². The van der Waals surface area contributed by atoms with E-state index in [0.29, 0.717) is 0 Å². The molecular weight excluding hydrogens is 310 g/mol. The zero-order valence-electron chi connectivity index (χ0n) is 12.0. The molecule has 0 unspecified atom stereocenters. The van der Waals surface area contributed by atoms with Crippen LogP contribution in [0.4, 0.5) is 0 Å². The number of pyridine rings is 1. The molecule has 0 aromatic carbocycles. The van der Waals surface area contributed by atoms with Gasteiger partial charge in [-0.25, -0.2) is 9.78 Å². The third-order valence-electron chi connectivity index (χ3n) is 3.70. The molecule has 1 aliphatic rings. The van der Waals surface area contributed by atoms with E-state index in [0.717, 1.165) is 4.57 Å². The van der Waals surface area contributed by atoms with Crippen molar-refractivity contribution in [3.63, 3.8) is 0 Å². The number of aliphatic hydroxyl groups is 3. The van der Waals surface area contributed by atoms with E-state index in [2.05, 4.69) is 9.97 Å². The number of H-pyrrole nitrogens is 1. The molecule has 4 atom stereocenters. The van der Waals surface area contributed by atoms with E-state index < -0.39 is 42.5 Å². The van der Waals surface area contributed by atoms with Crippen molar-refractivity contribution in [3.8, 4) is 5.75 Å². The van der Waals surface area contributed by atoms with Crippen LogP contribution in [0.15, 0.2) is 21.9 Å². The van der Waals surface area contributed by atoms with Crippen molar-refractivity contribution in [3.05, 3.63) is 33.1 Å². The van der Waals surface area contributed by atoms with Gasteiger partial charge < -0.3 is 24.8 Å². The molecule has 10 heteroatoms. The van der Waals surface area contributed by atoms with Crippen molar-refractivity contribution in [2.45, 2.75) is 24.6 Å². The van der Waals surface area contributed by atoms with Crippen molar-refractivity contribution >= 4 is 11.0 Å². The third-order valence-corrected chi connectivity index (χ3v) is 3.70. The van der Waals surface area contributed by atoms with Crippen LogP contribution in [-0.4, -0.2) is 61.1 Å². The average Bonchev–Trinajstić information content (AvgIpc) is 2.80. The molecule has 0 aliphatic carbocycles. The van der Waals surface area contributed by atoms with Crippen LogP contribution in [0.5, 0.6) is 5.75 Å².